The van der Waals surface area contributed by atoms with Gasteiger partial charge in [0, 0.05) is 11.9 Å². The number of thiazole rings is 1. The van der Waals surface area contributed by atoms with Crippen molar-refractivity contribution in [2.24, 2.45) is 4.99 Å². The van der Waals surface area contributed by atoms with E-state index >= 15 is 0 Å². The fourth-order valence-electron chi connectivity index (χ4n) is 3.70. The van der Waals surface area contributed by atoms with Gasteiger partial charge in [0.2, 0.25) is 0 Å². The fourth-order valence-corrected chi connectivity index (χ4v) is 4.87. The third-order valence-corrected chi connectivity index (χ3v) is 6.38. The monoisotopic (exact) mass is 496 g/mol. The van der Waals surface area contributed by atoms with Crippen molar-refractivity contribution in [3.63, 3.8) is 0 Å². The number of carbonyl (C=O) groups is 2. The molecule has 0 bridgehead atoms. The minimum absolute atomic E-state index is 0.205. The van der Waals surface area contributed by atoms with Gasteiger partial charge in [-0.25, -0.2) is 9.79 Å². The highest BCUT2D eigenvalue weighted by atomic mass is 35.5. The largest absolute Gasteiger partial charge is 0.463 e. The standard InChI is InChI=1S/C25H21ClN2O5S/c1-4-32-24(31)21-14(2)27-25-28(22(21)17-7-9-18(26)10-8-17)23(30)20(34-25)13-16-5-11-19(12-6-16)33-15(3)29/h5-13,22H,4H2,1-3H3/b20-13-/t22-/m0/s1. The van der Waals surface area contributed by atoms with Crippen molar-refractivity contribution < 1.29 is 19.1 Å². The normalized spacial score (nSPS) is 15.5. The molecule has 2 heterocycles. The molecule has 9 heteroatoms. The lowest BCUT2D eigenvalue weighted by molar-refractivity contribution is -0.139. The molecule has 1 atom stereocenters. The zero-order chi connectivity index (χ0) is 24.4. The van der Waals surface area contributed by atoms with Gasteiger partial charge in [-0.05, 0) is 55.3 Å². The highest BCUT2D eigenvalue weighted by Crippen LogP contribution is 2.31. The van der Waals surface area contributed by atoms with Crippen molar-refractivity contribution in [2.75, 3.05) is 6.61 Å². The van der Waals surface area contributed by atoms with Crippen LogP contribution in [0.25, 0.3) is 6.08 Å². The van der Waals surface area contributed by atoms with Crippen LogP contribution < -0.4 is 19.6 Å². The van der Waals surface area contributed by atoms with Crippen molar-refractivity contribution in [2.45, 2.75) is 26.8 Å². The number of rotatable bonds is 5. The molecule has 0 fully saturated rings. The Bertz CT molecular complexity index is 1470. The number of aromatic nitrogens is 1. The third kappa shape index (κ3) is 4.73. The molecule has 7 nitrogen and oxygen atoms in total. The maximum Gasteiger partial charge on any atom is 0.338 e. The molecule has 3 aromatic rings. The Hall–Kier alpha value is -3.49. The van der Waals surface area contributed by atoms with Crippen LogP contribution in [0.3, 0.4) is 0 Å². The average Bonchev–Trinajstić information content (AvgIpc) is 3.09. The Morgan fingerprint density at radius 2 is 1.82 bits per heavy atom. The number of allylic oxidation sites excluding steroid dienone is 1. The number of nitrogens with zero attached hydrogens (tertiary/aromatic N) is 2. The van der Waals surface area contributed by atoms with Gasteiger partial charge < -0.3 is 9.47 Å². The second-order valence-electron chi connectivity index (χ2n) is 7.52. The zero-order valence-corrected chi connectivity index (χ0v) is 20.3. The Balaban J connectivity index is 1.86. The van der Waals surface area contributed by atoms with Crippen LogP contribution in [0.15, 0.2) is 69.6 Å². The van der Waals surface area contributed by atoms with Crippen LogP contribution in [0.5, 0.6) is 5.75 Å². The van der Waals surface area contributed by atoms with Crippen molar-refractivity contribution in [1.82, 2.24) is 4.57 Å². The predicted molar refractivity (Wildman–Crippen MR) is 130 cm³/mol. The number of hydrogen-bond acceptors (Lipinski definition) is 7. The maximum absolute atomic E-state index is 13.5. The van der Waals surface area contributed by atoms with Crippen LogP contribution in [0.1, 0.15) is 37.9 Å². The summed E-state index contributed by atoms with van der Waals surface area (Å²) >= 11 is 7.31. The lowest BCUT2D eigenvalue weighted by Gasteiger charge is -2.24. The summed E-state index contributed by atoms with van der Waals surface area (Å²) in [4.78, 5) is 42.6. The summed E-state index contributed by atoms with van der Waals surface area (Å²) < 4.78 is 12.3. The average molecular weight is 497 g/mol. The van der Waals surface area contributed by atoms with E-state index < -0.39 is 18.0 Å². The van der Waals surface area contributed by atoms with E-state index in [1.807, 2.05) is 0 Å². The number of fused-ring (bicyclic) bond motifs is 1. The van der Waals surface area contributed by atoms with Crippen LogP contribution in [0.4, 0.5) is 0 Å². The minimum Gasteiger partial charge on any atom is -0.463 e. The van der Waals surface area contributed by atoms with E-state index in [4.69, 9.17) is 21.1 Å². The zero-order valence-electron chi connectivity index (χ0n) is 18.7. The van der Waals surface area contributed by atoms with Crippen LogP contribution in [0, 0.1) is 0 Å². The molecular formula is C25H21ClN2O5S. The summed E-state index contributed by atoms with van der Waals surface area (Å²) in [5.74, 6) is -0.501. The molecule has 0 spiro atoms. The number of halogens is 1. The van der Waals surface area contributed by atoms with Crippen molar-refractivity contribution in [3.8, 4) is 5.75 Å². The Kier molecular flexibility index (Phi) is 6.81. The molecule has 1 aliphatic rings. The third-order valence-electron chi connectivity index (χ3n) is 5.14. The second kappa shape index (κ2) is 9.79. The first kappa shape index (κ1) is 23.7. The fraction of sp³-hybridized carbons (Fsp3) is 0.200. The molecule has 0 N–H and O–H groups in total. The van der Waals surface area contributed by atoms with Gasteiger partial charge in [0.1, 0.15) is 5.75 Å². The van der Waals surface area contributed by atoms with Crippen molar-refractivity contribution >= 4 is 41.0 Å². The van der Waals surface area contributed by atoms with Gasteiger partial charge >= 0.3 is 11.9 Å². The Morgan fingerprint density at radius 1 is 1.15 bits per heavy atom. The maximum atomic E-state index is 13.5. The highest BCUT2D eigenvalue weighted by Gasteiger charge is 2.33. The van der Waals surface area contributed by atoms with Crippen LogP contribution in [0.2, 0.25) is 5.02 Å². The smallest absolute Gasteiger partial charge is 0.338 e. The van der Waals surface area contributed by atoms with Gasteiger partial charge in [-0.1, -0.05) is 47.2 Å². The van der Waals surface area contributed by atoms with Crippen LogP contribution >= 0.6 is 22.9 Å². The number of ether oxygens (including phenoxy) is 2. The summed E-state index contributed by atoms with van der Waals surface area (Å²) in [6.07, 6.45) is 1.74. The molecule has 0 radical (unpaired) electrons. The van der Waals surface area contributed by atoms with Gasteiger partial charge in [-0.2, -0.15) is 0 Å². The van der Waals surface area contributed by atoms with Gasteiger partial charge in [0.05, 0.1) is 28.5 Å². The molecule has 0 amide bonds. The minimum atomic E-state index is -0.693. The van der Waals surface area contributed by atoms with Gasteiger partial charge in [-0.15, -0.1) is 0 Å². The summed E-state index contributed by atoms with van der Waals surface area (Å²) in [7, 11) is 0. The molecule has 174 valence electrons. The van der Waals surface area contributed by atoms with E-state index in [1.165, 1.54) is 22.8 Å². The van der Waals surface area contributed by atoms with Gasteiger partial charge in [-0.3, -0.25) is 14.2 Å². The molecule has 34 heavy (non-hydrogen) atoms. The Morgan fingerprint density at radius 3 is 2.44 bits per heavy atom. The van der Waals surface area contributed by atoms with Crippen LogP contribution in [-0.2, 0) is 14.3 Å². The molecule has 0 unspecified atom stereocenters. The van der Waals surface area contributed by atoms with Crippen molar-refractivity contribution in [3.05, 3.63) is 95.6 Å². The van der Waals surface area contributed by atoms with E-state index in [1.54, 1.807) is 68.5 Å². The molecule has 4 rings (SSSR count). The first-order valence-corrected chi connectivity index (χ1v) is 11.7. The number of hydrogen-bond donors (Lipinski definition) is 0. The van der Waals surface area contributed by atoms with E-state index in [0.29, 0.717) is 31.4 Å². The first-order valence-electron chi connectivity index (χ1n) is 10.5. The summed E-state index contributed by atoms with van der Waals surface area (Å²) in [6, 6.07) is 13.1. The van der Waals surface area contributed by atoms with E-state index in [2.05, 4.69) is 4.99 Å². The van der Waals surface area contributed by atoms with Gasteiger partial charge in [0.15, 0.2) is 4.80 Å². The summed E-state index contributed by atoms with van der Waals surface area (Å²) in [6.45, 7) is 5.00. The lowest BCUT2D eigenvalue weighted by atomic mass is 9.96. The van der Waals surface area contributed by atoms with E-state index in [9.17, 15) is 14.4 Å². The first-order chi connectivity index (χ1) is 16.3. The summed E-state index contributed by atoms with van der Waals surface area (Å²) in [5.41, 5.74) is 2.01. The van der Waals surface area contributed by atoms with E-state index in [0.717, 1.165) is 11.1 Å². The molecule has 0 saturated carbocycles. The molecule has 1 aromatic heterocycles. The number of esters is 2. The molecule has 1 aliphatic heterocycles. The van der Waals surface area contributed by atoms with Gasteiger partial charge in [0.25, 0.3) is 5.56 Å². The second-order valence-corrected chi connectivity index (χ2v) is 8.96. The topological polar surface area (TPSA) is 87.0 Å². The highest BCUT2D eigenvalue weighted by molar-refractivity contribution is 7.07. The van der Waals surface area contributed by atoms with Crippen LogP contribution in [-0.4, -0.2) is 23.1 Å². The molecule has 0 aliphatic carbocycles. The SMILES string of the molecule is CCOC(=O)C1=C(C)N=c2s/c(=C\c3ccc(OC(C)=O)cc3)c(=O)n2[C@H]1c1ccc(Cl)cc1. The predicted octanol–water partition coefficient (Wildman–Crippen LogP) is 3.38. The molecule has 2 aromatic carbocycles. The molecular weight excluding hydrogens is 476 g/mol. The Labute approximate surface area is 204 Å². The number of benzene rings is 2. The lowest BCUT2D eigenvalue weighted by Crippen LogP contribution is -2.39. The quantitative estimate of drug-likeness (QED) is 0.399. The van der Waals surface area contributed by atoms with Crippen molar-refractivity contribution in [1.29, 1.82) is 0 Å². The number of carbonyl (C=O) groups excluding carboxylic acids is 2. The molecule has 0 saturated heterocycles. The van der Waals surface area contributed by atoms with E-state index in [-0.39, 0.29) is 12.2 Å². The summed E-state index contributed by atoms with van der Waals surface area (Å²) in [5, 5.41) is 0.548.